The number of nitrogens with one attached hydrogen (secondary N) is 1. The first kappa shape index (κ1) is 28.1. The molecule has 1 atom stereocenters. The van der Waals surface area contributed by atoms with Gasteiger partial charge >= 0.3 is 6.03 Å². The Bertz CT molecular complexity index is 1280. The number of likely N-dealkylation sites (tertiary alicyclic amines) is 1. The molecule has 210 valence electrons. The molecule has 0 bridgehead atoms. The Morgan fingerprint density at radius 3 is 2.25 bits per heavy atom. The number of hydrogen-bond acceptors (Lipinski definition) is 5. The zero-order chi connectivity index (χ0) is 28.0. The first-order chi connectivity index (χ1) is 19.5. The summed E-state index contributed by atoms with van der Waals surface area (Å²) in [5.74, 6) is -0.168. The van der Waals surface area contributed by atoms with Crippen molar-refractivity contribution in [3.8, 4) is 0 Å². The standard InChI is InChI=1S/C32H38N4O3S/c1-34(21-25-11-5-3-6-12-25)30(37)28(23-39-22-26-13-7-4-8-14-26)33-31(38)35-19-17-32(18-20-35)24-36(40-2)29-16-10-9-15-27(29)32/h3-16,28H,17-24H2,1-2H3,(H,33,38)/t28-/m0/s1. The lowest BCUT2D eigenvalue weighted by Crippen LogP contribution is -2.56. The summed E-state index contributed by atoms with van der Waals surface area (Å²) in [6.07, 6.45) is 3.90. The van der Waals surface area contributed by atoms with Crippen LogP contribution in [0.25, 0.3) is 0 Å². The van der Waals surface area contributed by atoms with Crippen molar-refractivity contribution >= 4 is 29.6 Å². The Hall–Kier alpha value is -3.49. The van der Waals surface area contributed by atoms with E-state index in [1.54, 1.807) is 23.9 Å². The summed E-state index contributed by atoms with van der Waals surface area (Å²) in [6.45, 7) is 3.19. The molecule has 0 aliphatic carbocycles. The van der Waals surface area contributed by atoms with E-state index in [0.29, 0.717) is 26.2 Å². The molecular formula is C32H38N4O3S. The molecule has 5 rings (SSSR count). The third-order valence-corrected chi connectivity index (χ3v) is 8.82. The van der Waals surface area contributed by atoms with Gasteiger partial charge in [0.25, 0.3) is 0 Å². The second-order valence-electron chi connectivity index (χ2n) is 10.7. The van der Waals surface area contributed by atoms with Gasteiger partial charge in [0.2, 0.25) is 5.91 Å². The molecule has 2 heterocycles. The van der Waals surface area contributed by atoms with E-state index in [1.807, 2.05) is 65.6 Å². The summed E-state index contributed by atoms with van der Waals surface area (Å²) in [5.41, 5.74) is 4.78. The number of fused-ring (bicyclic) bond motifs is 2. The zero-order valence-corrected chi connectivity index (χ0v) is 24.1. The Labute approximate surface area is 241 Å². The molecule has 2 aliphatic heterocycles. The molecule has 3 aromatic carbocycles. The van der Waals surface area contributed by atoms with Crippen LogP contribution in [0.5, 0.6) is 0 Å². The Morgan fingerprint density at radius 1 is 0.950 bits per heavy atom. The normalized spacial score (nSPS) is 16.4. The van der Waals surface area contributed by atoms with Crippen LogP contribution in [0.3, 0.4) is 0 Å². The van der Waals surface area contributed by atoms with Gasteiger partial charge in [0.15, 0.2) is 0 Å². The summed E-state index contributed by atoms with van der Waals surface area (Å²) in [4.78, 5) is 30.5. The number of ether oxygens (including phenoxy) is 1. The van der Waals surface area contributed by atoms with Gasteiger partial charge in [-0.1, -0.05) is 90.8 Å². The van der Waals surface area contributed by atoms with Gasteiger partial charge < -0.3 is 24.2 Å². The molecule has 3 amide bonds. The second kappa shape index (κ2) is 12.8. The molecule has 1 saturated heterocycles. The molecule has 3 aromatic rings. The van der Waals surface area contributed by atoms with Crippen molar-refractivity contribution in [2.24, 2.45) is 0 Å². The number of carbonyl (C=O) groups excluding carboxylic acids is 2. The van der Waals surface area contributed by atoms with Crippen molar-refractivity contribution in [1.82, 2.24) is 15.1 Å². The van der Waals surface area contributed by atoms with Gasteiger partial charge in [-0.15, -0.1) is 0 Å². The number of urea groups is 1. The molecule has 40 heavy (non-hydrogen) atoms. The van der Waals surface area contributed by atoms with Gasteiger partial charge in [-0.25, -0.2) is 4.79 Å². The SMILES string of the molecule is CSN1CC2(CCN(C(=O)N[C@@H](COCc3ccccc3)C(=O)N(C)Cc3ccccc3)CC2)c2ccccc21. The maximum Gasteiger partial charge on any atom is 0.318 e. The van der Waals surface area contributed by atoms with Crippen LogP contribution in [0.2, 0.25) is 0 Å². The molecule has 7 nitrogen and oxygen atoms in total. The highest BCUT2D eigenvalue weighted by molar-refractivity contribution is 8.00. The van der Waals surface area contributed by atoms with Crippen LogP contribution in [0.4, 0.5) is 10.5 Å². The quantitative estimate of drug-likeness (QED) is 0.372. The van der Waals surface area contributed by atoms with E-state index < -0.39 is 6.04 Å². The van der Waals surface area contributed by atoms with Gasteiger partial charge in [0.1, 0.15) is 6.04 Å². The van der Waals surface area contributed by atoms with E-state index in [0.717, 1.165) is 30.5 Å². The van der Waals surface area contributed by atoms with Crippen molar-refractivity contribution in [3.05, 3.63) is 102 Å². The number of benzene rings is 3. The number of nitrogens with zero attached hydrogens (tertiary/aromatic N) is 3. The molecular weight excluding hydrogens is 520 g/mol. The average Bonchev–Trinajstić information content (AvgIpc) is 3.30. The minimum Gasteiger partial charge on any atom is -0.374 e. The number of para-hydroxylation sites is 1. The van der Waals surface area contributed by atoms with E-state index >= 15 is 0 Å². The molecule has 0 unspecified atom stereocenters. The molecule has 1 N–H and O–H groups in total. The monoisotopic (exact) mass is 558 g/mol. The number of piperidine rings is 1. The third-order valence-electron chi connectivity index (χ3n) is 8.05. The Kier molecular flexibility index (Phi) is 8.97. The van der Waals surface area contributed by atoms with E-state index in [-0.39, 0.29) is 24.0 Å². The number of anilines is 1. The van der Waals surface area contributed by atoms with Crippen molar-refractivity contribution in [3.63, 3.8) is 0 Å². The summed E-state index contributed by atoms with van der Waals surface area (Å²) < 4.78 is 8.31. The maximum atomic E-state index is 13.5. The van der Waals surface area contributed by atoms with E-state index in [9.17, 15) is 9.59 Å². The number of rotatable bonds is 9. The minimum absolute atomic E-state index is 0.0559. The highest BCUT2D eigenvalue weighted by Crippen LogP contribution is 2.48. The summed E-state index contributed by atoms with van der Waals surface area (Å²) >= 11 is 1.75. The highest BCUT2D eigenvalue weighted by Gasteiger charge is 2.45. The Balaban J connectivity index is 1.23. The van der Waals surface area contributed by atoms with Gasteiger partial charge in [-0.2, -0.15) is 0 Å². The fraction of sp³-hybridized carbons (Fsp3) is 0.375. The lowest BCUT2D eigenvalue weighted by atomic mass is 9.74. The third kappa shape index (κ3) is 6.29. The van der Waals surface area contributed by atoms with Crippen LogP contribution in [-0.4, -0.2) is 67.3 Å². The van der Waals surface area contributed by atoms with Crippen LogP contribution in [-0.2, 0) is 28.1 Å². The smallest absolute Gasteiger partial charge is 0.318 e. The number of hydrogen-bond donors (Lipinski definition) is 1. The molecule has 2 aliphatic rings. The molecule has 1 fully saturated rings. The first-order valence-electron chi connectivity index (χ1n) is 13.9. The first-order valence-corrected chi connectivity index (χ1v) is 15.0. The maximum absolute atomic E-state index is 13.5. The number of likely N-dealkylation sites (N-methyl/N-ethyl adjacent to an activating group) is 1. The van der Waals surface area contributed by atoms with E-state index in [2.05, 4.69) is 40.1 Å². The van der Waals surface area contributed by atoms with Crippen molar-refractivity contribution in [2.75, 3.05) is 43.8 Å². The summed E-state index contributed by atoms with van der Waals surface area (Å²) in [5, 5.41) is 3.01. The largest absolute Gasteiger partial charge is 0.374 e. The van der Waals surface area contributed by atoms with Crippen molar-refractivity contribution in [1.29, 1.82) is 0 Å². The van der Waals surface area contributed by atoms with Gasteiger partial charge in [-0.3, -0.25) is 4.79 Å². The van der Waals surface area contributed by atoms with Crippen molar-refractivity contribution in [2.45, 2.75) is 37.5 Å². The van der Waals surface area contributed by atoms with Crippen LogP contribution in [0.1, 0.15) is 29.5 Å². The van der Waals surface area contributed by atoms with Crippen LogP contribution >= 0.6 is 11.9 Å². The average molecular weight is 559 g/mol. The highest BCUT2D eigenvalue weighted by atomic mass is 32.2. The number of carbonyl (C=O) groups is 2. The molecule has 8 heteroatoms. The van der Waals surface area contributed by atoms with Crippen LogP contribution < -0.4 is 9.62 Å². The van der Waals surface area contributed by atoms with E-state index in [4.69, 9.17) is 4.74 Å². The second-order valence-corrected chi connectivity index (χ2v) is 11.5. The lowest BCUT2D eigenvalue weighted by Gasteiger charge is -2.40. The van der Waals surface area contributed by atoms with Crippen LogP contribution in [0, 0.1) is 0 Å². The fourth-order valence-electron chi connectivity index (χ4n) is 5.80. The van der Waals surface area contributed by atoms with Gasteiger partial charge in [0, 0.05) is 44.9 Å². The van der Waals surface area contributed by atoms with Crippen molar-refractivity contribution < 1.29 is 14.3 Å². The van der Waals surface area contributed by atoms with Gasteiger partial charge in [-0.05, 0) is 35.6 Å². The molecule has 1 spiro atoms. The number of amides is 3. The van der Waals surface area contributed by atoms with E-state index in [1.165, 1.54) is 11.3 Å². The topological polar surface area (TPSA) is 65.1 Å². The molecule has 0 saturated carbocycles. The minimum atomic E-state index is -0.778. The van der Waals surface area contributed by atoms with Crippen LogP contribution in [0.15, 0.2) is 84.9 Å². The molecule has 0 aromatic heterocycles. The molecule has 0 radical (unpaired) electrons. The van der Waals surface area contributed by atoms with Gasteiger partial charge in [0.05, 0.1) is 18.9 Å². The fourth-order valence-corrected chi connectivity index (χ4v) is 6.53. The summed E-state index contributed by atoms with van der Waals surface area (Å²) in [6, 6.07) is 27.4. The summed E-state index contributed by atoms with van der Waals surface area (Å²) in [7, 11) is 1.77. The zero-order valence-electron chi connectivity index (χ0n) is 23.3. The predicted molar refractivity (Wildman–Crippen MR) is 161 cm³/mol. The lowest BCUT2D eigenvalue weighted by molar-refractivity contribution is -0.134. The predicted octanol–water partition coefficient (Wildman–Crippen LogP) is 5.07. The Morgan fingerprint density at radius 2 is 1.57 bits per heavy atom.